The fourth-order valence-electron chi connectivity index (χ4n) is 2.85. The van der Waals surface area contributed by atoms with Crippen molar-refractivity contribution in [1.29, 1.82) is 0 Å². The summed E-state index contributed by atoms with van der Waals surface area (Å²) in [4.78, 5) is 25.2. The third-order valence-electron chi connectivity index (χ3n) is 4.37. The number of hydrogen-bond acceptors (Lipinski definition) is 5. The van der Waals surface area contributed by atoms with Gasteiger partial charge in [-0.1, -0.05) is 49.4 Å². The molecule has 0 aliphatic carbocycles. The zero-order chi connectivity index (χ0) is 22.6. The first-order chi connectivity index (χ1) is 15.7. The van der Waals surface area contributed by atoms with Gasteiger partial charge in [0.05, 0.1) is 17.7 Å². The van der Waals surface area contributed by atoms with Gasteiger partial charge in [-0.3, -0.25) is 20.4 Å². The van der Waals surface area contributed by atoms with Crippen molar-refractivity contribution in [2.45, 2.75) is 13.3 Å². The molecule has 0 atom stereocenters. The standard InChI is InChI=1S/C25H26N2O5/c1-2-16-31-22-14-8-6-12-20(22)24(28)26-27-25(29)21-13-7-9-15-23(21)32-18-17-30-19-10-4-3-5-11-19/h3-15H,2,16-18H2,1H3,(H,26,28)(H,27,29). The van der Waals surface area contributed by atoms with Crippen LogP contribution in [0.2, 0.25) is 0 Å². The molecule has 166 valence electrons. The summed E-state index contributed by atoms with van der Waals surface area (Å²) in [7, 11) is 0. The van der Waals surface area contributed by atoms with Crippen molar-refractivity contribution >= 4 is 11.8 Å². The predicted octanol–water partition coefficient (Wildman–Crippen LogP) is 4.01. The second-order valence-electron chi connectivity index (χ2n) is 6.76. The van der Waals surface area contributed by atoms with Crippen molar-refractivity contribution < 1.29 is 23.8 Å². The van der Waals surface area contributed by atoms with E-state index in [2.05, 4.69) is 10.9 Å². The fourth-order valence-corrected chi connectivity index (χ4v) is 2.85. The van der Waals surface area contributed by atoms with E-state index in [1.165, 1.54) is 0 Å². The van der Waals surface area contributed by atoms with Crippen LogP contribution in [-0.2, 0) is 0 Å². The normalized spacial score (nSPS) is 10.2. The number of para-hydroxylation sites is 3. The summed E-state index contributed by atoms with van der Waals surface area (Å²) >= 11 is 0. The lowest BCUT2D eigenvalue weighted by Gasteiger charge is -2.14. The maximum absolute atomic E-state index is 12.6. The molecule has 0 saturated carbocycles. The van der Waals surface area contributed by atoms with E-state index in [0.717, 1.165) is 12.2 Å². The van der Waals surface area contributed by atoms with Gasteiger partial charge >= 0.3 is 0 Å². The third-order valence-corrected chi connectivity index (χ3v) is 4.37. The molecule has 32 heavy (non-hydrogen) atoms. The van der Waals surface area contributed by atoms with Gasteiger partial charge < -0.3 is 14.2 Å². The first kappa shape index (κ1) is 22.7. The Balaban J connectivity index is 1.55. The minimum atomic E-state index is -0.495. The molecule has 0 unspecified atom stereocenters. The molecular weight excluding hydrogens is 408 g/mol. The molecule has 0 aliphatic heterocycles. The molecule has 2 amide bonds. The minimum Gasteiger partial charge on any atom is -0.493 e. The van der Waals surface area contributed by atoms with E-state index in [-0.39, 0.29) is 6.61 Å². The Bertz CT molecular complexity index is 1020. The lowest BCUT2D eigenvalue weighted by atomic mass is 10.2. The Morgan fingerprint density at radius 1 is 0.625 bits per heavy atom. The van der Waals surface area contributed by atoms with Gasteiger partial charge in [0.1, 0.15) is 30.5 Å². The van der Waals surface area contributed by atoms with Crippen LogP contribution in [0.25, 0.3) is 0 Å². The van der Waals surface area contributed by atoms with Gasteiger partial charge in [0.25, 0.3) is 11.8 Å². The van der Waals surface area contributed by atoms with E-state index < -0.39 is 11.8 Å². The van der Waals surface area contributed by atoms with E-state index in [1.54, 1.807) is 48.5 Å². The quantitative estimate of drug-likeness (QED) is 0.372. The van der Waals surface area contributed by atoms with Crippen LogP contribution in [0.3, 0.4) is 0 Å². The molecule has 0 bridgehead atoms. The second kappa shape index (κ2) is 12.0. The number of hydrogen-bond donors (Lipinski definition) is 2. The lowest BCUT2D eigenvalue weighted by Crippen LogP contribution is -2.41. The van der Waals surface area contributed by atoms with Crippen LogP contribution in [0.4, 0.5) is 0 Å². The van der Waals surface area contributed by atoms with Gasteiger partial charge in [-0.2, -0.15) is 0 Å². The van der Waals surface area contributed by atoms with Crippen LogP contribution >= 0.6 is 0 Å². The van der Waals surface area contributed by atoms with E-state index in [1.807, 2.05) is 37.3 Å². The summed E-state index contributed by atoms with van der Waals surface area (Å²) in [5.74, 6) is 0.628. The van der Waals surface area contributed by atoms with Crippen LogP contribution < -0.4 is 25.1 Å². The minimum absolute atomic E-state index is 0.258. The Kier molecular flexibility index (Phi) is 8.50. The number of rotatable bonds is 10. The fraction of sp³-hybridized carbons (Fsp3) is 0.200. The third kappa shape index (κ3) is 6.50. The molecule has 3 rings (SSSR count). The van der Waals surface area contributed by atoms with Crippen LogP contribution in [0.15, 0.2) is 78.9 Å². The van der Waals surface area contributed by atoms with E-state index in [0.29, 0.717) is 35.8 Å². The Morgan fingerprint density at radius 2 is 1.09 bits per heavy atom. The zero-order valence-corrected chi connectivity index (χ0v) is 17.9. The van der Waals surface area contributed by atoms with Crippen molar-refractivity contribution in [3.63, 3.8) is 0 Å². The number of benzene rings is 3. The van der Waals surface area contributed by atoms with Crippen LogP contribution in [0, 0.1) is 0 Å². The smallest absolute Gasteiger partial charge is 0.273 e. The SMILES string of the molecule is CCCOc1ccccc1C(=O)NNC(=O)c1ccccc1OCCOc1ccccc1. The monoisotopic (exact) mass is 434 g/mol. The molecular formula is C25H26N2O5. The molecule has 7 heteroatoms. The average molecular weight is 434 g/mol. The zero-order valence-electron chi connectivity index (χ0n) is 17.9. The molecule has 0 spiro atoms. The largest absolute Gasteiger partial charge is 0.493 e. The number of amides is 2. The van der Waals surface area contributed by atoms with Crippen LogP contribution in [0.1, 0.15) is 34.1 Å². The van der Waals surface area contributed by atoms with E-state index in [9.17, 15) is 9.59 Å². The highest BCUT2D eigenvalue weighted by atomic mass is 16.5. The highest BCUT2D eigenvalue weighted by molar-refractivity contribution is 6.01. The lowest BCUT2D eigenvalue weighted by molar-refractivity contribution is 0.0841. The van der Waals surface area contributed by atoms with Crippen molar-refractivity contribution in [1.82, 2.24) is 10.9 Å². The van der Waals surface area contributed by atoms with Gasteiger partial charge in [0, 0.05) is 0 Å². The van der Waals surface area contributed by atoms with Crippen molar-refractivity contribution in [3.8, 4) is 17.2 Å². The Morgan fingerprint density at radius 3 is 1.66 bits per heavy atom. The van der Waals surface area contributed by atoms with Crippen LogP contribution in [0.5, 0.6) is 17.2 Å². The number of nitrogens with one attached hydrogen (secondary N) is 2. The second-order valence-corrected chi connectivity index (χ2v) is 6.76. The topological polar surface area (TPSA) is 85.9 Å². The maximum atomic E-state index is 12.6. The van der Waals surface area contributed by atoms with Gasteiger partial charge in [-0.05, 0) is 42.8 Å². The number of hydrazine groups is 1. The van der Waals surface area contributed by atoms with Gasteiger partial charge in [0.2, 0.25) is 0 Å². The highest BCUT2D eigenvalue weighted by Gasteiger charge is 2.16. The number of carbonyl (C=O) groups excluding carboxylic acids is 2. The average Bonchev–Trinajstić information content (AvgIpc) is 2.84. The van der Waals surface area contributed by atoms with Gasteiger partial charge in [0.15, 0.2) is 0 Å². The molecule has 0 heterocycles. The Labute approximate surface area is 187 Å². The summed E-state index contributed by atoms with van der Waals surface area (Å²) < 4.78 is 16.9. The molecule has 0 aliphatic rings. The van der Waals surface area contributed by atoms with Crippen molar-refractivity contribution in [3.05, 3.63) is 90.0 Å². The molecule has 0 saturated heterocycles. The van der Waals surface area contributed by atoms with Crippen molar-refractivity contribution in [2.75, 3.05) is 19.8 Å². The molecule has 3 aromatic rings. The maximum Gasteiger partial charge on any atom is 0.273 e. The Hall–Kier alpha value is -4.00. The summed E-state index contributed by atoms with van der Waals surface area (Å²) in [6, 6.07) is 23.1. The molecule has 0 aromatic heterocycles. The van der Waals surface area contributed by atoms with Gasteiger partial charge in [-0.15, -0.1) is 0 Å². The summed E-state index contributed by atoms with van der Waals surface area (Å²) in [6.45, 7) is 3.06. The molecule has 0 radical (unpaired) electrons. The molecule has 0 fully saturated rings. The first-order valence-electron chi connectivity index (χ1n) is 10.4. The highest BCUT2D eigenvalue weighted by Crippen LogP contribution is 2.19. The first-order valence-corrected chi connectivity index (χ1v) is 10.4. The summed E-state index contributed by atoms with van der Waals surface area (Å²) in [5, 5.41) is 0. The van der Waals surface area contributed by atoms with Crippen molar-refractivity contribution in [2.24, 2.45) is 0 Å². The van der Waals surface area contributed by atoms with Gasteiger partial charge in [-0.25, -0.2) is 0 Å². The summed E-state index contributed by atoms with van der Waals surface area (Å²) in [6.07, 6.45) is 0.819. The predicted molar refractivity (Wildman–Crippen MR) is 121 cm³/mol. The van der Waals surface area contributed by atoms with Crippen LogP contribution in [-0.4, -0.2) is 31.6 Å². The summed E-state index contributed by atoms with van der Waals surface area (Å²) in [5.41, 5.74) is 5.49. The molecule has 2 N–H and O–H groups in total. The van der Waals surface area contributed by atoms with E-state index in [4.69, 9.17) is 14.2 Å². The molecule has 7 nitrogen and oxygen atoms in total. The number of carbonyl (C=O) groups is 2. The van der Waals surface area contributed by atoms with E-state index >= 15 is 0 Å². The molecule has 3 aromatic carbocycles. The number of ether oxygens (including phenoxy) is 3.